The normalized spacial score (nSPS) is 10.7. The Kier molecular flexibility index (Phi) is 5.30. The summed E-state index contributed by atoms with van der Waals surface area (Å²) < 4.78 is 1.06. The molecule has 0 fully saturated rings. The van der Waals surface area contributed by atoms with Gasteiger partial charge in [0.25, 0.3) is 5.91 Å². The maximum Gasteiger partial charge on any atom is 0.267 e. The minimum atomic E-state index is -0.178. The lowest BCUT2D eigenvalue weighted by molar-refractivity contribution is 0.103. The lowest BCUT2D eigenvalue weighted by atomic mass is 10.3. The van der Waals surface area contributed by atoms with E-state index in [1.807, 2.05) is 24.3 Å². The summed E-state index contributed by atoms with van der Waals surface area (Å²) in [6.07, 6.45) is 3.46. The molecule has 0 saturated heterocycles. The number of rotatable bonds is 5. The zero-order valence-corrected chi connectivity index (χ0v) is 17.9. The average Bonchev–Trinajstić information content (AvgIpc) is 3.42. The van der Waals surface area contributed by atoms with Crippen LogP contribution in [0.1, 0.15) is 9.67 Å². The third-order valence-corrected chi connectivity index (χ3v) is 7.34. The highest BCUT2D eigenvalue weighted by Crippen LogP contribution is 2.36. The first-order chi connectivity index (χ1) is 13.1. The molecule has 4 rings (SSSR count). The molecule has 1 amide bonds. The van der Waals surface area contributed by atoms with Crippen LogP contribution in [0.4, 0.5) is 11.1 Å². The molecule has 4 aromatic heterocycles. The van der Waals surface area contributed by atoms with Crippen LogP contribution in [0.2, 0.25) is 0 Å². The average molecular weight is 478 g/mol. The zero-order valence-electron chi connectivity index (χ0n) is 13.9. The van der Waals surface area contributed by atoms with E-state index in [-0.39, 0.29) is 5.91 Å². The second-order valence-electron chi connectivity index (χ2n) is 5.27. The summed E-state index contributed by atoms with van der Waals surface area (Å²) in [5, 5.41) is 6.36. The zero-order chi connectivity index (χ0) is 18.8. The summed E-state index contributed by atoms with van der Waals surface area (Å²) in [5.74, 6) is 0.366. The number of nitrogens with zero attached hydrogens (tertiary/aromatic N) is 3. The standard InChI is InChI=1S/C17H12BrN5OS3/c1-19-16-20-7-6-9(22-16)10-2-3-12(25-10)15(24)23-17-21-8-13(27-17)11-4-5-14(18)26-11/h2-8H,1H3,(H,19,20,22)(H,21,23,24). The quantitative estimate of drug-likeness (QED) is 0.399. The largest absolute Gasteiger partial charge is 0.357 e. The molecule has 0 radical (unpaired) electrons. The molecule has 2 N–H and O–H groups in total. The van der Waals surface area contributed by atoms with Gasteiger partial charge in [-0.2, -0.15) is 0 Å². The second kappa shape index (κ2) is 7.85. The molecule has 0 aliphatic rings. The van der Waals surface area contributed by atoms with Crippen LogP contribution in [0.25, 0.3) is 20.3 Å². The summed E-state index contributed by atoms with van der Waals surface area (Å²) in [7, 11) is 1.77. The van der Waals surface area contributed by atoms with Crippen LogP contribution >= 0.6 is 49.9 Å². The molecule has 0 unspecified atom stereocenters. The SMILES string of the molecule is CNc1nccc(-c2ccc(C(=O)Nc3ncc(-c4ccc(Br)s4)s3)s2)n1. The van der Waals surface area contributed by atoms with Crippen molar-refractivity contribution in [1.29, 1.82) is 0 Å². The topological polar surface area (TPSA) is 79.8 Å². The van der Waals surface area contributed by atoms with E-state index in [4.69, 9.17) is 0 Å². The second-order valence-corrected chi connectivity index (χ2v) is 9.84. The van der Waals surface area contributed by atoms with Gasteiger partial charge in [-0.1, -0.05) is 11.3 Å². The Hall–Kier alpha value is -2.14. The van der Waals surface area contributed by atoms with Crippen molar-refractivity contribution in [3.63, 3.8) is 0 Å². The summed E-state index contributed by atoms with van der Waals surface area (Å²) in [5.41, 5.74) is 0.776. The van der Waals surface area contributed by atoms with E-state index in [1.54, 1.807) is 36.8 Å². The number of aromatic nitrogens is 3. The highest BCUT2D eigenvalue weighted by Gasteiger charge is 2.14. The van der Waals surface area contributed by atoms with Crippen molar-refractivity contribution in [2.24, 2.45) is 0 Å². The van der Waals surface area contributed by atoms with Crippen molar-refractivity contribution in [2.45, 2.75) is 0 Å². The molecule has 0 atom stereocenters. The third kappa shape index (κ3) is 4.08. The van der Waals surface area contributed by atoms with Crippen LogP contribution in [0, 0.1) is 0 Å². The fourth-order valence-electron chi connectivity index (χ4n) is 2.27. The van der Waals surface area contributed by atoms with E-state index >= 15 is 0 Å². The highest BCUT2D eigenvalue weighted by atomic mass is 79.9. The van der Waals surface area contributed by atoms with Gasteiger partial charge in [0.05, 0.1) is 24.1 Å². The van der Waals surface area contributed by atoms with Crippen molar-refractivity contribution in [3.8, 4) is 20.3 Å². The van der Waals surface area contributed by atoms with E-state index in [1.165, 1.54) is 22.7 Å². The Morgan fingerprint density at radius 1 is 1.00 bits per heavy atom. The van der Waals surface area contributed by atoms with E-state index < -0.39 is 0 Å². The van der Waals surface area contributed by atoms with Gasteiger partial charge in [-0.3, -0.25) is 10.1 Å². The van der Waals surface area contributed by atoms with Gasteiger partial charge in [0, 0.05) is 24.3 Å². The van der Waals surface area contributed by atoms with Gasteiger partial charge in [0.1, 0.15) is 0 Å². The van der Waals surface area contributed by atoms with Crippen molar-refractivity contribution >= 4 is 66.9 Å². The van der Waals surface area contributed by atoms with E-state index in [2.05, 4.69) is 41.5 Å². The first-order valence-corrected chi connectivity index (χ1v) is 11.0. The molecule has 0 saturated carbocycles. The molecule has 0 spiro atoms. The molecule has 10 heteroatoms. The molecule has 0 bridgehead atoms. The lowest BCUT2D eigenvalue weighted by Gasteiger charge is -2.00. The van der Waals surface area contributed by atoms with Gasteiger partial charge in [-0.25, -0.2) is 15.0 Å². The van der Waals surface area contributed by atoms with Crippen molar-refractivity contribution in [3.05, 3.63) is 51.4 Å². The van der Waals surface area contributed by atoms with Crippen molar-refractivity contribution in [2.75, 3.05) is 17.7 Å². The fourth-order valence-corrected chi connectivity index (χ4v) is 5.41. The number of carbonyl (C=O) groups excluding carboxylic acids is 1. The molecular formula is C17H12BrN5OS3. The maximum atomic E-state index is 12.5. The molecule has 136 valence electrons. The minimum absolute atomic E-state index is 0.178. The summed E-state index contributed by atoms with van der Waals surface area (Å²) in [4.78, 5) is 29.0. The van der Waals surface area contributed by atoms with E-state index in [9.17, 15) is 4.79 Å². The monoisotopic (exact) mass is 477 g/mol. The predicted octanol–water partition coefficient (Wildman–Crippen LogP) is 5.45. The first-order valence-electron chi connectivity index (χ1n) is 7.76. The number of hydrogen-bond acceptors (Lipinski definition) is 8. The Labute approximate surface area is 175 Å². The van der Waals surface area contributed by atoms with Gasteiger partial charge in [-0.15, -0.1) is 22.7 Å². The van der Waals surface area contributed by atoms with Gasteiger partial charge in [0.2, 0.25) is 5.95 Å². The molecule has 6 nitrogen and oxygen atoms in total. The number of amides is 1. The molecule has 0 aliphatic carbocycles. The minimum Gasteiger partial charge on any atom is -0.357 e. The van der Waals surface area contributed by atoms with Crippen LogP contribution in [0.5, 0.6) is 0 Å². The number of nitrogens with one attached hydrogen (secondary N) is 2. The van der Waals surface area contributed by atoms with Crippen LogP contribution in [0.3, 0.4) is 0 Å². The predicted molar refractivity (Wildman–Crippen MR) is 116 cm³/mol. The summed E-state index contributed by atoms with van der Waals surface area (Å²) in [6.45, 7) is 0. The molecule has 27 heavy (non-hydrogen) atoms. The Morgan fingerprint density at radius 3 is 2.63 bits per heavy atom. The third-order valence-electron chi connectivity index (χ3n) is 3.50. The number of thiophene rings is 2. The molecule has 0 aliphatic heterocycles. The Balaban J connectivity index is 1.49. The van der Waals surface area contributed by atoms with E-state index in [0.29, 0.717) is 16.0 Å². The van der Waals surface area contributed by atoms with Crippen LogP contribution < -0.4 is 10.6 Å². The Morgan fingerprint density at radius 2 is 1.85 bits per heavy atom. The van der Waals surface area contributed by atoms with Gasteiger partial charge < -0.3 is 5.32 Å². The first kappa shape index (κ1) is 18.2. The Bertz CT molecular complexity index is 1100. The number of hydrogen-bond donors (Lipinski definition) is 2. The number of anilines is 2. The van der Waals surface area contributed by atoms with Gasteiger partial charge >= 0.3 is 0 Å². The van der Waals surface area contributed by atoms with Gasteiger partial charge in [-0.05, 0) is 46.3 Å². The fraction of sp³-hybridized carbons (Fsp3) is 0.0588. The molecule has 0 aromatic carbocycles. The maximum absolute atomic E-state index is 12.5. The summed E-state index contributed by atoms with van der Waals surface area (Å²) in [6, 6.07) is 9.53. The number of carbonyl (C=O) groups is 1. The van der Waals surface area contributed by atoms with Crippen molar-refractivity contribution < 1.29 is 4.79 Å². The lowest BCUT2D eigenvalue weighted by Crippen LogP contribution is -2.09. The van der Waals surface area contributed by atoms with Crippen LogP contribution in [-0.4, -0.2) is 27.9 Å². The van der Waals surface area contributed by atoms with Crippen LogP contribution in [-0.2, 0) is 0 Å². The highest BCUT2D eigenvalue weighted by molar-refractivity contribution is 9.11. The van der Waals surface area contributed by atoms with Gasteiger partial charge in [0.15, 0.2) is 5.13 Å². The molecule has 4 heterocycles. The molecule has 4 aromatic rings. The van der Waals surface area contributed by atoms with Crippen molar-refractivity contribution in [1.82, 2.24) is 15.0 Å². The number of thiazole rings is 1. The van der Waals surface area contributed by atoms with Crippen LogP contribution in [0.15, 0.2) is 46.5 Å². The van der Waals surface area contributed by atoms with E-state index in [0.717, 1.165) is 24.1 Å². The molecular weight excluding hydrogens is 466 g/mol. The summed E-state index contributed by atoms with van der Waals surface area (Å²) >= 11 is 7.93. The number of halogens is 1. The smallest absolute Gasteiger partial charge is 0.267 e.